The molecule has 2 aromatic carbocycles. The molecule has 6 nitrogen and oxygen atoms in total. The van der Waals surface area contributed by atoms with Crippen LogP contribution in [-0.4, -0.2) is 28.1 Å². The highest BCUT2D eigenvalue weighted by molar-refractivity contribution is 6.42. The lowest BCUT2D eigenvalue weighted by atomic mass is 10.1. The number of amides is 2. The van der Waals surface area contributed by atoms with Crippen molar-refractivity contribution in [2.24, 2.45) is 0 Å². The second-order valence-electron chi connectivity index (χ2n) is 7.17. The molecule has 0 aliphatic carbocycles. The van der Waals surface area contributed by atoms with Gasteiger partial charge < -0.3 is 10.6 Å². The maximum atomic E-state index is 12.6. The van der Waals surface area contributed by atoms with E-state index in [2.05, 4.69) is 15.7 Å². The number of nitrogens with zero attached hydrogens (tertiary/aromatic N) is 2. The summed E-state index contributed by atoms with van der Waals surface area (Å²) < 4.78 is 1.76. The summed E-state index contributed by atoms with van der Waals surface area (Å²) in [6.07, 6.45) is 0.203. The predicted octanol–water partition coefficient (Wildman–Crippen LogP) is 4.40. The van der Waals surface area contributed by atoms with E-state index in [1.54, 1.807) is 28.9 Å². The third-order valence-electron chi connectivity index (χ3n) is 4.94. The molecule has 0 atom stereocenters. The number of nitrogens with one attached hydrogen (secondary N) is 2. The van der Waals surface area contributed by atoms with E-state index in [-0.39, 0.29) is 18.2 Å². The van der Waals surface area contributed by atoms with Crippen LogP contribution in [0.15, 0.2) is 42.5 Å². The Kier molecular flexibility index (Phi) is 7.36. The molecule has 0 bridgehead atoms. The van der Waals surface area contributed by atoms with Crippen LogP contribution in [0.3, 0.4) is 0 Å². The van der Waals surface area contributed by atoms with E-state index in [1.807, 2.05) is 39.0 Å². The first-order valence-corrected chi connectivity index (χ1v) is 10.7. The van der Waals surface area contributed by atoms with Gasteiger partial charge in [0, 0.05) is 29.9 Å². The lowest BCUT2D eigenvalue weighted by molar-refractivity contribution is -0.120. The average Bonchev–Trinajstić information content (AvgIpc) is 3.03. The molecule has 2 amide bonds. The van der Waals surface area contributed by atoms with E-state index in [0.717, 1.165) is 28.2 Å². The molecule has 0 unspecified atom stereocenters. The normalized spacial score (nSPS) is 10.7. The lowest BCUT2D eigenvalue weighted by Gasteiger charge is -2.09. The molecular weight excluding hydrogens is 435 g/mol. The zero-order valence-electron chi connectivity index (χ0n) is 17.6. The molecule has 0 saturated heterocycles. The van der Waals surface area contributed by atoms with Crippen molar-refractivity contribution in [3.8, 4) is 5.69 Å². The van der Waals surface area contributed by atoms with Crippen LogP contribution in [-0.2, 0) is 17.8 Å². The van der Waals surface area contributed by atoms with Crippen molar-refractivity contribution in [3.63, 3.8) is 0 Å². The maximum absolute atomic E-state index is 12.6. The summed E-state index contributed by atoms with van der Waals surface area (Å²) in [7, 11) is 0. The Morgan fingerprint density at radius 3 is 2.52 bits per heavy atom. The lowest BCUT2D eigenvalue weighted by Crippen LogP contribution is -2.26. The number of carbonyl (C=O) groups excluding carboxylic acids is 2. The molecule has 31 heavy (non-hydrogen) atoms. The molecule has 0 aliphatic rings. The smallest absolute Gasteiger partial charge is 0.251 e. The summed E-state index contributed by atoms with van der Waals surface area (Å²) in [6.45, 7) is 6.57. The molecule has 162 valence electrons. The van der Waals surface area contributed by atoms with Gasteiger partial charge in [0.25, 0.3) is 5.91 Å². The van der Waals surface area contributed by atoms with E-state index < -0.39 is 0 Å². The zero-order valence-corrected chi connectivity index (χ0v) is 19.1. The van der Waals surface area contributed by atoms with E-state index >= 15 is 0 Å². The van der Waals surface area contributed by atoms with Crippen LogP contribution < -0.4 is 10.6 Å². The fourth-order valence-electron chi connectivity index (χ4n) is 3.31. The summed E-state index contributed by atoms with van der Waals surface area (Å²) in [5.74, 6) is -0.250. The Balaban J connectivity index is 1.69. The van der Waals surface area contributed by atoms with Crippen molar-refractivity contribution in [2.45, 2.75) is 33.7 Å². The van der Waals surface area contributed by atoms with Gasteiger partial charge in [-0.2, -0.15) is 5.10 Å². The van der Waals surface area contributed by atoms with Gasteiger partial charge in [-0.15, -0.1) is 0 Å². The number of aromatic nitrogens is 2. The molecule has 8 heteroatoms. The van der Waals surface area contributed by atoms with Crippen LogP contribution in [0.2, 0.25) is 10.0 Å². The maximum Gasteiger partial charge on any atom is 0.251 e. The molecule has 2 N–H and O–H groups in total. The first-order valence-electron chi connectivity index (χ1n) is 9.94. The first kappa shape index (κ1) is 22.8. The van der Waals surface area contributed by atoms with Crippen LogP contribution in [0.4, 0.5) is 0 Å². The fourth-order valence-corrected chi connectivity index (χ4v) is 3.60. The molecule has 0 radical (unpaired) electrons. The summed E-state index contributed by atoms with van der Waals surface area (Å²) in [4.78, 5) is 24.6. The Bertz CT molecular complexity index is 1120. The number of benzene rings is 2. The molecule has 0 aliphatic heterocycles. The summed E-state index contributed by atoms with van der Waals surface area (Å²) >= 11 is 12.1. The van der Waals surface area contributed by atoms with E-state index in [4.69, 9.17) is 23.2 Å². The SMILES string of the molecule is CCNC(=O)c1cccc(CNC(=O)Cc2c(C)nn(-c3ccc(Cl)c(Cl)c3)c2C)c1. The van der Waals surface area contributed by atoms with E-state index in [1.165, 1.54) is 0 Å². The Morgan fingerprint density at radius 2 is 1.81 bits per heavy atom. The molecule has 0 saturated carbocycles. The van der Waals surface area contributed by atoms with Crippen molar-refractivity contribution >= 4 is 35.0 Å². The molecule has 0 fully saturated rings. The number of hydrogen-bond donors (Lipinski definition) is 2. The van der Waals surface area contributed by atoms with Crippen LogP contribution in [0, 0.1) is 13.8 Å². The standard InChI is InChI=1S/C23H24Cl2N4O2/c1-4-26-23(31)17-7-5-6-16(10-17)13-27-22(30)12-19-14(2)28-29(15(19)3)18-8-9-20(24)21(25)11-18/h5-11H,4,12-13H2,1-3H3,(H,26,31)(H,27,30). The second-order valence-corrected chi connectivity index (χ2v) is 7.99. The quantitative estimate of drug-likeness (QED) is 0.550. The van der Waals surface area contributed by atoms with E-state index in [0.29, 0.717) is 28.7 Å². The minimum Gasteiger partial charge on any atom is -0.352 e. The molecule has 3 rings (SSSR count). The largest absolute Gasteiger partial charge is 0.352 e. The van der Waals surface area contributed by atoms with Gasteiger partial charge in [-0.1, -0.05) is 35.3 Å². The number of aryl methyl sites for hydroxylation is 1. The Hall–Kier alpha value is -2.83. The molecule has 0 spiro atoms. The van der Waals surface area contributed by atoms with Crippen molar-refractivity contribution in [1.82, 2.24) is 20.4 Å². The van der Waals surface area contributed by atoms with Gasteiger partial charge in [0.2, 0.25) is 5.91 Å². The third-order valence-corrected chi connectivity index (χ3v) is 5.68. The monoisotopic (exact) mass is 458 g/mol. The van der Waals surface area contributed by atoms with Crippen molar-refractivity contribution in [1.29, 1.82) is 0 Å². The third kappa shape index (κ3) is 5.46. The van der Waals surface area contributed by atoms with Gasteiger partial charge in [0.15, 0.2) is 0 Å². The molecular formula is C23H24Cl2N4O2. The minimum absolute atomic E-state index is 0.122. The highest BCUT2D eigenvalue weighted by Gasteiger charge is 2.16. The van der Waals surface area contributed by atoms with Gasteiger partial charge in [-0.25, -0.2) is 4.68 Å². The summed E-state index contributed by atoms with van der Waals surface area (Å²) in [6, 6.07) is 12.5. The number of hydrogen-bond acceptors (Lipinski definition) is 3. The Morgan fingerprint density at radius 1 is 1.03 bits per heavy atom. The molecule has 1 heterocycles. The summed E-state index contributed by atoms with van der Waals surface area (Å²) in [5.41, 5.74) is 4.71. The first-order chi connectivity index (χ1) is 14.8. The fraction of sp³-hybridized carbons (Fsp3) is 0.261. The van der Waals surface area contributed by atoms with Crippen LogP contribution in [0.5, 0.6) is 0 Å². The zero-order chi connectivity index (χ0) is 22.5. The topological polar surface area (TPSA) is 76.0 Å². The van der Waals surface area contributed by atoms with Gasteiger partial charge in [-0.3, -0.25) is 9.59 Å². The number of carbonyl (C=O) groups is 2. The number of rotatable bonds is 7. The second kappa shape index (κ2) is 9.98. The van der Waals surface area contributed by atoms with Crippen LogP contribution in [0.25, 0.3) is 5.69 Å². The van der Waals surface area contributed by atoms with Crippen LogP contribution in [0.1, 0.15) is 39.8 Å². The average molecular weight is 459 g/mol. The van der Waals surface area contributed by atoms with Gasteiger partial charge >= 0.3 is 0 Å². The van der Waals surface area contributed by atoms with E-state index in [9.17, 15) is 9.59 Å². The van der Waals surface area contributed by atoms with Crippen LogP contribution >= 0.6 is 23.2 Å². The Labute approximate surface area is 191 Å². The van der Waals surface area contributed by atoms with Gasteiger partial charge in [0.1, 0.15) is 0 Å². The minimum atomic E-state index is -0.128. The number of halogens is 2. The van der Waals surface area contributed by atoms with Crippen molar-refractivity contribution in [2.75, 3.05) is 6.54 Å². The van der Waals surface area contributed by atoms with Gasteiger partial charge in [-0.05, 0) is 56.7 Å². The van der Waals surface area contributed by atoms with Gasteiger partial charge in [0.05, 0.1) is 27.8 Å². The highest BCUT2D eigenvalue weighted by atomic mass is 35.5. The molecule has 3 aromatic rings. The highest BCUT2D eigenvalue weighted by Crippen LogP contribution is 2.26. The molecule has 1 aromatic heterocycles. The summed E-state index contributed by atoms with van der Waals surface area (Å²) in [5, 5.41) is 11.2. The predicted molar refractivity (Wildman–Crippen MR) is 123 cm³/mol. The van der Waals surface area contributed by atoms with Crippen molar-refractivity contribution in [3.05, 3.63) is 80.6 Å². The van der Waals surface area contributed by atoms with Crippen molar-refractivity contribution < 1.29 is 9.59 Å².